The lowest BCUT2D eigenvalue weighted by Crippen LogP contribution is -2.22. The average molecular weight is 456 g/mol. The summed E-state index contributed by atoms with van der Waals surface area (Å²) < 4.78 is 13.3. The number of fused-ring (bicyclic) bond motifs is 1. The fourth-order valence-electron chi connectivity index (χ4n) is 2.99. The van der Waals surface area contributed by atoms with Crippen molar-refractivity contribution in [3.63, 3.8) is 0 Å². The van der Waals surface area contributed by atoms with Gasteiger partial charge in [0, 0.05) is 17.3 Å². The van der Waals surface area contributed by atoms with Crippen molar-refractivity contribution in [2.24, 2.45) is 0 Å². The van der Waals surface area contributed by atoms with Gasteiger partial charge in [-0.2, -0.15) is 0 Å². The summed E-state index contributed by atoms with van der Waals surface area (Å²) in [7, 11) is 1.60. The van der Waals surface area contributed by atoms with E-state index in [0.29, 0.717) is 39.7 Å². The van der Waals surface area contributed by atoms with Crippen molar-refractivity contribution in [3.05, 3.63) is 48.0 Å². The first kappa shape index (κ1) is 21.1. The molecule has 4 aromatic rings. The van der Waals surface area contributed by atoms with Crippen LogP contribution in [0.5, 0.6) is 5.75 Å². The molecule has 1 atom stereocenters. The van der Waals surface area contributed by atoms with E-state index in [4.69, 9.17) is 9.15 Å². The van der Waals surface area contributed by atoms with E-state index in [2.05, 4.69) is 27.1 Å². The molecule has 0 saturated carbocycles. The number of amides is 1. The second-order valence-corrected chi connectivity index (χ2v) is 8.90. The maximum atomic E-state index is 12.6. The number of methoxy groups -OCH3 is 1. The van der Waals surface area contributed by atoms with Gasteiger partial charge < -0.3 is 14.5 Å². The molecule has 1 unspecified atom stereocenters. The number of benzene rings is 1. The molecule has 0 aliphatic heterocycles. The van der Waals surface area contributed by atoms with Gasteiger partial charge in [-0.15, -0.1) is 28.1 Å². The van der Waals surface area contributed by atoms with Gasteiger partial charge in [-0.1, -0.05) is 30.0 Å². The molecule has 3 heterocycles. The van der Waals surface area contributed by atoms with Crippen LogP contribution in [0.15, 0.2) is 51.9 Å². The predicted octanol–water partition coefficient (Wildman–Crippen LogP) is 4.77. The van der Waals surface area contributed by atoms with Crippen LogP contribution in [-0.4, -0.2) is 38.0 Å². The molecule has 160 valence electrons. The molecule has 0 spiro atoms. The highest BCUT2D eigenvalue weighted by Crippen LogP contribution is 2.34. The summed E-state index contributed by atoms with van der Waals surface area (Å²) in [5.41, 5.74) is 1.52. The maximum absolute atomic E-state index is 12.6. The number of carbonyl (C=O) groups excluding carboxylic acids is 1. The summed E-state index contributed by atoms with van der Waals surface area (Å²) in [4.78, 5) is 16.9. The molecule has 0 aliphatic carbocycles. The van der Waals surface area contributed by atoms with Crippen molar-refractivity contribution in [2.75, 3.05) is 12.4 Å². The highest BCUT2D eigenvalue weighted by molar-refractivity contribution is 8.00. The van der Waals surface area contributed by atoms with Gasteiger partial charge in [0.05, 0.1) is 18.1 Å². The van der Waals surface area contributed by atoms with E-state index in [0.717, 1.165) is 11.1 Å². The number of para-hydroxylation sites is 1. The molecule has 0 radical (unpaired) electrons. The molecule has 0 saturated heterocycles. The number of hydrogen-bond donors (Lipinski definition) is 1. The van der Waals surface area contributed by atoms with Gasteiger partial charge in [0.2, 0.25) is 11.7 Å². The molecular formula is C21H21N5O3S2. The molecule has 10 heteroatoms. The zero-order valence-electron chi connectivity index (χ0n) is 17.3. The Morgan fingerprint density at radius 1 is 1.45 bits per heavy atom. The van der Waals surface area contributed by atoms with Crippen molar-refractivity contribution >= 4 is 45.1 Å². The molecule has 0 bridgehead atoms. The fraction of sp³-hybridized carbons (Fsp3) is 0.238. The van der Waals surface area contributed by atoms with Crippen LogP contribution >= 0.6 is 23.1 Å². The minimum Gasteiger partial charge on any atom is -0.493 e. The Balaban J connectivity index is 1.60. The minimum atomic E-state index is -0.402. The number of carbonyl (C=O) groups is 1. The van der Waals surface area contributed by atoms with Gasteiger partial charge in [0.15, 0.2) is 27.4 Å². The van der Waals surface area contributed by atoms with Gasteiger partial charge in [0.25, 0.3) is 0 Å². The predicted molar refractivity (Wildman–Crippen MR) is 123 cm³/mol. The van der Waals surface area contributed by atoms with Crippen LogP contribution in [0.25, 0.3) is 22.6 Å². The Morgan fingerprint density at radius 2 is 2.29 bits per heavy atom. The number of nitrogens with one attached hydrogen (secondary N) is 1. The molecule has 1 amide bonds. The molecule has 0 aliphatic rings. The summed E-state index contributed by atoms with van der Waals surface area (Å²) in [6.07, 6.45) is 1.75. The Morgan fingerprint density at radius 3 is 3.00 bits per heavy atom. The van der Waals surface area contributed by atoms with Gasteiger partial charge >= 0.3 is 0 Å². The zero-order chi connectivity index (χ0) is 22.0. The number of aromatic nitrogens is 4. The van der Waals surface area contributed by atoms with Crippen LogP contribution in [0.4, 0.5) is 5.13 Å². The summed E-state index contributed by atoms with van der Waals surface area (Å²) in [6, 6.07) is 7.59. The lowest BCUT2D eigenvalue weighted by atomic mass is 10.2. The Hall–Kier alpha value is -3.11. The van der Waals surface area contributed by atoms with E-state index in [1.165, 1.54) is 23.1 Å². The standard InChI is InChI=1S/C21H21N5O3S2/c1-5-9-26-18(16-10-14-7-6-8-15(28-4)17(14)29-16)24-25-21(26)31-13(3)19(27)23-20-22-12(2)11-30-20/h5-8,10-11,13H,1,9H2,2-4H3,(H,22,23,27). The second kappa shape index (κ2) is 8.94. The molecule has 1 N–H and O–H groups in total. The van der Waals surface area contributed by atoms with Crippen molar-refractivity contribution in [1.82, 2.24) is 19.7 Å². The van der Waals surface area contributed by atoms with E-state index < -0.39 is 5.25 Å². The number of nitrogens with zero attached hydrogens (tertiary/aromatic N) is 4. The number of hydrogen-bond acceptors (Lipinski definition) is 8. The van der Waals surface area contributed by atoms with E-state index in [1.807, 2.05) is 48.1 Å². The van der Waals surface area contributed by atoms with E-state index in [9.17, 15) is 4.79 Å². The van der Waals surface area contributed by atoms with Crippen LogP contribution in [-0.2, 0) is 11.3 Å². The maximum Gasteiger partial charge on any atom is 0.239 e. The molecule has 0 fully saturated rings. The van der Waals surface area contributed by atoms with Crippen LogP contribution in [0.3, 0.4) is 0 Å². The fourth-order valence-corrected chi connectivity index (χ4v) is 4.54. The number of rotatable bonds is 8. The van der Waals surface area contributed by atoms with Crippen molar-refractivity contribution in [1.29, 1.82) is 0 Å². The number of thiazole rings is 1. The monoisotopic (exact) mass is 455 g/mol. The molecule has 4 rings (SSSR count). The number of aryl methyl sites for hydroxylation is 1. The zero-order valence-corrected chi connectivity index (χ0v) is 18.9. The molecule has 1 aromatic carbocycles. The SMILES string of the molecule is C=CCn1c(SC(C)C(=O)Nc2nc(C)cs2)nnc1-c1cc2cccc(OC)c2o1. The normalized spacial score (nSPS) is 12.1. The lowest BCUT2D eigenvalue weighted by Gasteiger charge is -2.11. The van der Waals surface area contributed by atoms with Crippen molar-refractivity contribution < 1.29 is 13.9 Å². The Kier molecular flexibility index (Phi) is 6.10. The Labute approximate surface area is 187 Å². The first-order valence-corrected chi connectivity index (χ1v) is 11.3. The molecule has 3 aromatic heterocycles. The van der Waals surface area contributed by atoms with E-state index in [-0.39, 0.29) is 5.91 Å². The van der Waals surface area contributed by atoms with Crippen molar-refractivity contribution in [2.45, 2.75) is 30.8 Å². The van der Waals surface area contributed by atoms with Crippen LogP contribution in [0.1, 0.15) is 12.6 Å². The van der Waals surface area contributed by atoms with Gasteiger partial charge in [-0.25, -0.2) is 4.98 Å². The first-order valence-electron chi connectivity index (χ1n) is 9.50. The molecular weight excluding hydrogens is 434 g/mol. The van der Waals surface area contributed by atoms with Gasteiger partial charge in [-0.05, 0) is 26.0 Å². The average Bonchev–Trinajstić information content (AvgIpc) is 3.46. The number of allylic oxidation sites excluding steroid dienone is 1. The molecule has 31 heavy (non-hydrogen) atoms. The third-order valence-corrected chi connectivity index (χ3v) is 6.43. The summed E-state index contributed by atoms with van der Waals surface area (Å²) in [5, 5.41) is 15.0. The van der Waals surface area contributed by atoms with E-state index >= 15 is 0 Å². The summed E-state index contributed by atoms with van der Waals surface area (Å²) in [6.45, 7) is 8.01. The van der Waals surface area contributed by atoms with Crippen LogP contribution in [0.2, 0.25) is 0 Å². The topological polar surface area (TPSA) is 95.1 Å². The van der Waals surface area contributed by atoms with Gasteiger partial charge in [0.1, 0.15) is 0 Å². The third kappa shape index (κ3) is 4.35. The number of furan rings is 1. The second-order valence-electron chi connectivity index (χ2n) is 6.74. The highest BCUT2D eigenvalue weighted by atomic mass is 32.2. The molecule has 8 nitrogen and oxygen atoms in total. The smallest absolute Gasteiger partial charge is 0.239 e. The quantitative estimate of drug-likeness (QED) is 0.302. The largest absolute Gasteiger partial charge is 0.493 e. The number of anilines is 1. The summed E-state index contributed by atoms with van der Waals surface area (Å²) in [5.74, 6) is 1.62. The van der Waals surface area contributed by atoms with Gasteiger partial charge in [-0.3, -0.25) is 9.36 Å². The number of ether oxygens (including phenoxy) is 1. The minimum absolute atomic E-state index is 0.150. The third-order valence-electron chi connectivity index (χ3n) is 4.48. The number of thioether (sulfide) groups is 1. The lowest BCUT2D eigenvalue weighted by molar-refractivity contribution is -0.115. The summed E-state index contributed by atoms with van der Waals surface area (Å²) >= 11 is 2.71. The van der Waals surface area contributed by atoms with Crippen LogP contribution in [0, 0.1) is 6.92 Å². The Bertz CT molecular complexity index is 1240. The van der Waals surface area contributed by atoms with E-state index in [1.54, 1.807) is 13.2 Å². The highest BCUT2D eigenvalue weighted by Gasteiger charge is 2.23. The van der Waals surface area contributed by atoms with Crippen LogP contribution < -0.4 is 10.1 Å². The van der Waals surface area contributed by atoms with Crippen molar-refractivity contribution in [3.8, 4) is 17.3 Å². The first-order chi connectivity index (χ1) is 15.0.